The lowest BCUT2D eigenvalue weighted by Gasteiger charge is -2.13. The quantitative estimate of drug-likeness (QED) is 0.855. The molecule has 1 heterocycles. The predicted molar refractivity (Wildman–Crippen MR) is 71.0 cm³/mol. The number of β-amino-alcohol motifs (C(OH)–C–C–N with tert-alkyl or cyclic N) is 1. The number of imide groups is 1. The summed E-state index contributed by atoms with van der Waals surface area (Å²) in [5, 5.41) is 12.2. The van der Waals surface area contributed by atoms with Gasteiger partial charge in [0.15, 0.2) is 0 Å². The van der Waals surface area contributed by atoms with Gasteiger partial charge in [-0.05, 0) is 30.7 Å². The number of hydrogen-bond acceptors (Lipinski definition) is 4. The number of halogens is 1. The molecule has 1 aromatic carbocycles. The Labute approximate surface area is 116 Å². The molecule has 0 radical (unpaired) electrons. The van der Waals surface area contributed by atoms with Gasteiger partial charge in [0.25, 0.3) is 5.91 Å². The second kappa shape index (κ2) is 6.14. The van der Waals surface area contributed by atoms with Gasteiger partial charge < -0.3 is 5.11 Å². The Morgan fingerprint density at radius 1 is 1.37 bits per heavy atom. The van der Waals surface area contributed by atoms with E-state index in [1.54, 1.807) is 24.3 Å². The summed E-state index contributed by atoms with van der Waals surface area (Å²) in [6, 6.07) is 6.31. The number of hydrogen-bond donors (Lipinski definition) is 2. The molecule has 6 heteroatoms. The zero-order valence-electron chi connectivity index (χ0n) is 10.3. The van der Waals surface area contributed by atoms with E-state index in [2.05, 4.69) is 5.32 Å². The van der Waals surface area contributed by atoms with Gasteiger partial charge in [-0.2, -0.15) is 0 Å². The minimum Gasteiger partial charge on any atom is -0.392 e. The Kier molecular flexibility index (Phi) is 4.52. The highest BCUT2D eigenvalue weighted by molar-refractivity contribution is 6.30. The summed E-state index contributed by atoms with van der Waals surface area (Å²) in [6.07, 6.45) is 0.290. The number of carbonyl (C=O) groups excluding carboxylic acids is 2. The van der Waals surface area contributed by atoms with Crippen molar-refractivity contribution in [2.24, 2.45) is 0 Å². The van der Waals surface area contributed by atoms with Crippen molar-refractivity contribution in [1.82, 2.24) is 10.2 Å². The number of aliphatic hydroxyl groups is 1. The Morgan fingerprint density at radius 3 is 2.63 bits per heavy atom. The van der Waals surface area contributed by atoms with Gasteiger partial charge in [-0.1, -0.05) is 11.6 Å². The molecule has 2 rings (SSSR count). The van der Waals surface area contributed by atoms with Crippen LogP contribution in [-0.2, 0) is 4.79 Å². The van der Waals surface area contributed by atoms with Gasteiger partial charge >= 0.3 is 0 Å². The molecule has 102 valence electrons. The van der Waals surface area contributed by atoms with E-state index in [4.69, 9.17) is 11.6 Å². The average Bonchev–Trinajstić information content (AvgIpc) is 2.75. The molecule has 1 aromatic rings. The minimum atomic E-state index is -0.443. The highest BCUT2D eigenvalue weighted by Gasteiger charge is 2.22. The number of aliphatic hydroxyl groups excluding tert-OH is 1. The molecule has 1 aliphatic heterocycles. The number of carbonyl (C=O) groups is 2. The molecule has 1 aliphatic rings. The number of amides is 2. The highest BCUT2D eigenvalue weighted by atomic mass is 35.5. The summed E-state index contributed by atoms with van der Waals surface area (Å²) >= 11 is 5.72. The SMILES string of the molecule is O=C(CN1CC[C@@H](O)C1)NC(=O)c1ccc(Cl)cc1. The molecular formula is C13H15ClN2O3. The molecule has 19 heavy (non-hydrogen) atoms. The lowest BCUT2D eigenvalue weighted by Crippen LogP contribution is -2.39. The molecule has 2 amide bonds. The first-order chi connectivity index (χ1) is 9.04. The number of nitrogens with zero attached hydrogens (tertiary/aromatic N) is 1. The Bertz CT molecular complexity index is 475. The van der Waals surface area contributed by atoms with E-state index >= 15 is 0 Å². The summed E-state index contributed by atoms with van der Waals surface area (Å²) in [6.45, 7) is 1.27. The number of likely N-dealkylation sites (tertiary alicyclic amines) is 1. The van der Waals surface area contributed by atoms with Crippen molar-refractivity contribution in [3.8, 4) is 0 Å². The maximum absolute atomic E-state index is 11.8. The van der Waals surface area contributed by atoms with E-state index in [0.717, 1.165) is 0 Å². The second-order valence-electron chi connectivity index (χ2n) is 4.56. The van der Waals surface area contributed by atoms with Crippen LogP contribution in [0.2, 0.25) is 5.02 Å². The Balaban J connectivity index is 1.85. The van der Waals surface area contributed by atoms with Gasteiger partial charge in [0.1, 0.15) is 0 Å². The normalized spacial score (nSPS) is 19.4. The highest BCUT2D eigenvalue weighted by Crippen LogP contribution is 2.10. The molecule has 2 N–H and O–H groups in total. The second-order valence-corrected chi connectivity index (χ2v) is 5.00. The largest absolute Gasteiger partial charge is 0.392 e. The molecule has 5 nitrogen and oxygen atoms in total. The van der Waals surface area contributed by atoms with E-state index in [1.807, 2.05) is 4.90 Å². The van der Waals surface area contributed by atoms with Crippen LogP contribution in [0.15, 0.2) is 24.3 Å². The molecule has 0 unspecified atom stereocenters. The zero-order chi connectivity index (χ0) is 13.8. The molecule has 0 bridgehead atoms. The van der Waals surface area contributed by atoms with Crippen LogP contribution in [-0.4, -0.2) is 47.6 Å². The van der Waals surface area contributed by atoms with Gasteiger partial charge in [-0.3, -0.25) is 19.8 Å². The minimum absolute atomic E-state index is 0.121. The van der Waals surface area contributed by atoms with Crippen molar-refractivity contribution >= 4 is 23.4 Å². The van der Waals surface area contributed by atoms with E-state index in [0.29, 0.717) is 30.1 Å². The van der Waals surface area contributed by atoms with Crippen LogP contribution in [0.4, 0.5) is 0 Å². The number of benzene rings is 1. The monoisotopic (exact) mass is 282 g/mol. The lowest BCUT2D eigenvalue weighted by atomic mass is 10.2. The molecule has 0 spiro atoms. The van der Waals surface area contributed by atoms with Gasteiger partial charge in [0, 0.05) is 23.7 Å². The first-order valence-electron chi connectivity index (χ1n) is 6.05. The van der Waals surface area contributed by atoms with Gasteiger partial charge in [0.2, 0.25) is 5.91 Å². The van der Waals surface area contributed by atoms with Crippen LogP contribution in [0.25, 0.3) is 0 Å². The third-order valence-corrected chi connectivity index (χ3v) is 3.23. The topological polar surface area (TPSA) is 69.6 Å². The lowest BCUT2D eigenvalue weighted by molar-refractivity contribution is -0.121. The molecule has 1 atom stereocenters. The smallest absolute Gasteiger partial charge is 0.257 e. The van der Waals surface area contributed by atoms with Crippen molar-refractivity contribution in [2.45, 2.75) is 12.5 Å². The van der Waals surface area contributed by atoms with E-state index in [-0.39, 0.29) is 18.6 Å². The van der Waals surface area contributed by atoms with Gasteiger partial charge in [-0.15, -0.1) is 0 Å². The molecule has 0 aromatic heterocycles. The molecule has 1 fully saturated rings. The summed E-state index contributed by atoms with van der Waals surface area (Å²) in [7, 11) is 0. The zero-order valence-corrected chi connectivity index (χ0v) is 11.1. The van der Waals surface area contributed by atoms with Crippen molar-refractivity contribution in [3.05, 3.63) is 34.9 Å². The van der Waals surface area contributed by atoms with Crippen LogP contribution >= 0.6 is 11.6 Å². The van der Waals surface area contributed by atoms with Crippen molar-refractivity contribution in [3.63, 3.8) is 0 Å². The summed E-state index contributed by atoms with van der Waals surface area (Å²) in [5.41, 5.74) is 0.388. The van der Waals surface area contributed by atoms with Crippen molar-refractivity contribution < 1.29 is 14.7 Å². The van der Waals surface area contributed by atoms with Crippen LogP contribution < -0.4 is 5.32 Å². The van der Waals surface area contributed by atoms with Crippen LogP contribution in [0, 0.1) is 0 Å². The maximum Gasteiger partial charge on any atom is 0.257 e. The van der Waals surface area contributed by atoms with Crippen molar-refractivity contribution in [1.29, 1.82) is 0 Å². The number of rotatable bonds is 3. The molecule has 1 saturated heterocycles. The fraction of sp³-hybridized carbons (Fsp3) is 0.385. The van der Waals surface area contributed by atoms with E-state index < -0.39 is 5.91 Å². The van der Waals surface area contributed by atoms with E-state index in [1.165, 1.54) is 0 Å². The van der Waals surface area contributed by atoms with Gasteiger partial charge in [-0.25, -0.2) is 0 Å². The molecular weight excluding hydrogens is 268 g/mol. The maximum atomic E-state index is 11.8. The fourth-order valence-corrected chi connectivity index (χ4v) is 2.12. The molecule has 0 aliphatic carbocycles. The van der Waals surface area contributed by atoms with Gasteiger partial charge in [0.05, 0.1) is 12.6 Å². The van der Waals surface area contributed by atoms with Crippen LogP contribution in [0.5, 0.6) is 0 Å². The van der Waals surface area contributed by atoms with Crippen LogP contribution in [0.1, 0.15) is 16.8 Å². The predicted octanol–water partition coefficient (Wildman–Crippen LogP) is 0.663. The Morgan fingerprint density at radius 2 is 2.05 bits per heavy atom. The summed E-state index contributed by atoms with van der Waals surface area (Å²) in [4.78, 5) is 25.3. The number of nitrogens with one attached hydrogen (secondary N) is 1. The first-order valence-corrected chi connectivity index (χ1v) is 6.42. The average molecular weight is 283 g/mol. The summed E-state index contributed by atoms with van der Waals surface area (Å²) in [5.74, 6) is -0.810. The molecule has 0 saturated carbocycles. The standard InChI is InChI=1S/C13H15ClN2O3/c14-10-3-1-9(2-4-10)13(19)15-12(18)8-16-6-5-11(17)7-16/h1-4,11,17H,5-8H2,(H,15,18,19)/t11-/m1/s1. The summed E-state index contributed by atoms with van der Waals surface area (Å²) < 4.78 is 0. The third kappa shape index (κ3) is 4.02. The van der Waals surface area contributed by atoms with E-state index in [9.17, 15) is 14.7 Å². The third-order valence-electron chi connectivity index (χ3n) is 2.97. The van der Waals surface area contributed by atoms with Crippen LogP contribution in [0.3, 0.4) is 0 Å². The Hall–Kier alpha value is -1.43. The first kappa shape index (κ1) is 14.0. The fourth-order valence-electron chi connectivity index (χ4n) is 2.00. The van der Waals surface area contributed by atoms with Crippen molar-refractivity contribution in [2.75, 3.05) is 19.6 Å².